The molecule has 0 aliphatic carbocycles. The lowest BCUT2D eigenvalue weighted by molar-refractivity contribution is -0.302. The van der Waals surface area contributed by atoms with Crippen LogP contribution in [-0.2, 0) is 14.3 Å². The minimum absolute atomic E-state index is 0.195. The minimum atomic E-state index is -1.57. The monoisotopic (exact) mass is 816 g/mol. The molecule has 9 heteroatoms. The van der Waals surface area contributed by atoms with Gasteiger partial charge < -0.3 is 40.3 Å². The van der Waals surface area contributed by atoms with Gasteiger partial charge in [-0.25, -0.2) is 0 Å². The number of allylic oxidation sites excluding steroid dienone is 11. The van der Waals surface area contributed by atoms with Crippen LogP contribution in [0.25, 0.3) is 0 Å². The van der Waals surface area contributed by atoms with E-state index in [4.69, 9.17) is 9.47 Å². The van der Waals surface area contributed by atoms with Crippen molar-refractivity contribution in [1.82, 2.24) is 5.32 Å². The van der Waals surface area contributed by atoms with E-state index in [1.807, 2.05) is 6.08 Å². The molecule has 1 amide bonds. The van der Waals surface area contributed by atoms with Crippen molar-refractivity contribution < 1.29 is 39.8 Å². The third kappa shape index (κ3) is 29.0. The molecule has 0 aromatic rings. The molecule has 0 radical (unpaired) electrons. The van der Waals surface area contributed by atoms with Crippen molar-refractivity contribution >= 4 is 5.91 Å². The standard InChI is InChI=1S/C49H85NO8/c1-3-5-7-9-11-13-15-16-17-18-19-20-21-22-23-24-25-26-27-28-29-31-33-35-37-39-45(53)50-42(41-57-49-48(56)47(55)46(54)44(40-51)58-49)43(52)38-36-34-32-30-14-12-10-8-6-4-2/h5,7,11,13-14,16-17,19-20,30,36,38,42-44,46-49,51-52,54-56H,3-4,6,8-10,12,15,18,21-29,31-35,37,39-41H2,1-2H3,(H,50,53)/b7-5-,13-11-,17-16-,20-19-,30-14+,38-36+. The second kappa shape index (κ2) is 38.8. The van der Waals surface area contributed by atoms with Crippen LogP contribution in [0.2, 0.25) is 0 Å². The Morgan fingerprint density at radius 1 is 0.603 bits per heavy atom. The molecule has 0 aromatic heterocycles. The third-order valence-corrected chi connectivity index (χ3v) is 10.5. The van der Waals surface area contributed by atoms with Gasteiger partial charge in [0.25, 0.3) is 0 Å². The normalized spacial score (nSPS) is 21.5. The molecule has 1 aliphatic heterocycles. The molecule has 6 N–H and O–H groups in total. The third-order valence-electron chi connectivity index (χ3n) is 10.5. The average molecular weight is 816 g/mol. The van der Waals surface area contributed by atoms with E-state index >= 15 is 0 Å². The highest BCUT2D eigenvalue weighted by molar-refractivity contribution is 5.76. The average Bonchev–Trinajstić information content (AvgIpc) is 3.22. The Morgan fingerprint density at radius 2 is 1.09 bits per heavy atom. The summed E-state index contributed by atoms with van der Waals surface area (Å²) in [5, 5.41) is 54.0. The number of rotatable bonds is 37. The number of nitrogens with one attached hydrogen (secondary N) is 1. The fourth-order valence-electron chi connectivity index (χ4n) is 6.81. The summed E-state index contributed by atoms with van der Waals surface area (Å²) >= 11 is 0. The smallest absolute Gasteiger partial charge is 0.220 e. The van der Waals surface area contributed by atoms with Gasteiger partial charge in [0.05, 0.1) is 25.4 Å². The van der Waals surface area contributed by atoms with Crippen LogP contribution in [0.5, 0.6) is 0 Å². The van der Waals surface area contributed by atoms with Crippen LogP contribution >= 0.6 is 0 Å². The SMILES string of the molecule is CC/C=C\C/C=C\C/C=C\C/C=C\CCCCCCCCCCCCCCC(=O)NC(COC1OC(CO)C(O)C(O)C1O)C(O)/C=C/CC/C=C/CCCCCC. The fourth-order valence-corrected chi connectivity index (χ4v) is 6.81. The van der Waals surface area contributed by atoms with Crippen molar-refractivity contribution in [2.45, 2.75) is 217 Å². The minimum Gasteiger partial charge on any atom is -0.394 e. The van der Waals surface area contributed by atoms with Crippen molar-refractivity contribution in [1.29, 1.82) is 0 Å². The van der Waals surface area contributed by atoms with Crippen molar-refractivity contribution in [2.75, 3.05) is 13.2 Å². The molecule has 1 fully saturated rings. The van der Waals surface area contributed by atoms with Gasteiger partial charge in [0.1, 0.15) is 24.4 Å². The van der Waals surface area contributed by atoms with Gasteiger partial charge in [0.2, 0.25) is 5.91 Å². The molecule has 0 saturated carbocycles. The topological polar surface area (TPSA) is 149 Å². The van der Waals surface area contributed by atoms with Gasteiger partial charge in [-0.15, -0.1) is 0 Å². The van der Waals surface area contributed by atoms with Crippen LogP contribution in [0.4, 0.5) is 0 Å². The Kier molecular flexibility index (Phi) is 35.9. The van der Waals surface area contributed by atoms with E-state index in [1.165, 1.54) is 89.9 Å². The Labute approximate surface area is 353 Å². The van der Waals surface area contributed by atoms with Crippen LogP contribution in [0.3, 0.4) is 0 Å². The number of aliphatic hydroxyl groups is 5. The van der Waals surface area contributed by atoms with Crippen LogP contribution in [-0.4, -0.2) is 87.5 Å². The highest BCUT2D eigenvalue weighted by Crippen LogP contribution is 2.22. The number of carbonyl (C=O) groups is 1. The summed E-state index contributed by atoms with van der Waals surface area (Å²) in [5.41, 5.74) is 0. The van der Waals surface area contributed by atoms with E-state index in [0.717, 1.165) is 64.2 Å². The number of hydrogen-bond donors (Lipinski definition) is 6. The molecule has 334 valence electrons. The first kappa shape index (κ1) is 53.6. The summed E-state index contributed by atoms with van der Waals surface area (Å²) in [4.78, 5) is 12.9. The van der Waals surface area contributed by atoms with Gasteiger partial charge >= 0.3 is 0 Å². The van der Waals surface area contributed by atoms with E-state index in [0.29, 0.717) is 6.42 Å². The predicted octanol–water partition coefficient (Wildman–Crippen LogP) is 9.78. The quantitative estimate of drug-likeness (QED) is 0.0268. The first-order chi connectivity index (χ1) is 28.3. The lowest BCUT2D eigenvalue weighted by Crippen LogP contribution is -2.60. The summed E-state index contributed by atoms with van der Waals surface area (Å²) in [6, 6.07) is -0.823. The summed E-state index contributed by atoms with van der Waals surface area (Å²) in [6.45, 7) is 3.59. The van der Waals surface area contributed by atoms with Crippen molar-refractivity contribution in [3.8, 4) is 0 Å². The van der Waals surface area contributed by atoms with Gasteiger partial charge in [-0.1, -0.05) is 170 Å². The second-order valence-electron chi connectivity index (χ2n) is 15.8. The molecule has 0 bridgehead atoms. The zero-order chi connectivity index (χ0) is 42.3. The Bertz CT molecular complexity index is 1130. The van der Waals surface area contributed by atoms with E-state index < -0.39 is 49.5 Å². The molecule has 0 aromatic carbocycles. The molecule has 7 unspecified atom stereocenters. The molecule has 58 heavy (non-hydrogen) atoms. The zero-order valence-electron chi connectivity index (χ0n) is 36.5. The first-order valence-corrected chi connectivity index (χ1v) is 23.2. The highest BCUT2D eigenvalue weighted by atomic mass is 16.7. The van der Waals surface area contributed by atoms with Crippen molar-refractivity contribution in [3.05, 3.63) is 72.9 Å². The number of hydrogen-bond acceptors (Lipinski definition) is 8. The second-order valence-corrected chi connectivity index (χ2v) is 15.8. The highest BCUT2D eigenvalue weighted by Gasteiger charge is 2.44. The molecule has 9 nitrogen and oxygen atoms in total. The van der Waals surface area contributed by atoms with Crippen molar-refractivity contribution in [3.63, 3.8) is 0 Å². The number of unbranched alkanes of at least 4 members (excludes halogenated alkanes) is 17. The van der Waals surface area contributed by atoms with Gasteiger partial charge in [-0.3, -0.25) is 4.79 Å². The number of ether oxygens (including phenoxy) is 2. The van der Waals surface area contributed by atoms with E-state index in [1.54, 1.807) is 6.08 Å². The van der Waals surface area contributed by atoms with E-state index in [-0.39, 0.29) is 12.5 Å². The van der Waals surface area contributed by atoms with Gasteiger partial charge in [-0.2, -0.15) is 0 Å². The van der Waals surface area contributed by atoms with Crippen LogP contribution < -0.4 is 5.32 Å². The van der Waals surface area contributed by atoms with Crippen LogP contribution in [0.1, 0.15) is 174 Å². The Morgan fingerprint density at radius 3 is 1.66 bits per heavy atom. The molecule has 0 spiro atoms. The maximum Gasteiger partial charge on any atom is 0.220 e. The maximum atomic E-state index is 12.9. The number of carbonyl (C=O) groups excluding carboxylic acids is 1. The molecule has 1 rings (SSSR count). The van der Waals surface area contributed by atoms with E-state index in [9.17, 15) is 30.3 Å². The van der Waals surface area contributed by atoms with Gasteiger partial charge in [0.15, 0.2) is 6.29 Å². The molecular weight excluding hydrogens is 731 g/mol. The Hall–Kier alpha value is -2.37. The molecular formula is C49H85NO8. The molecule has 1 saturated heterocycles. The molecule has 7 atom stereocenters. The molecule has 1 aliphatic rings. The van der Waals surface area contributed by atoms with E-state index in [2.05, 4.69) is 79.9 Å². The summed E-state index contributed by atoms with van der Waals surface area (Å²) in [6.07, 6.45) is 45.3. The number of aliphatic hydroxyl groups excluding tert-OH is 5. The van der Waals surface area contributed by atoms with Gasteiger partial charge in [0, 0.05) is 6.42 Å². The maximum absolute atomic E-state index is 12.9. The molecule has 1 heterocycles. The zero-order valence-corrected chi connectivity index (χ0v) is 36.5. The van der Waals surface area contributed by atoms with Crippen molar-refractivity contribution in [2.24, 2.45) is 0 Å². The lowest BCUT2D eigenvalue weighted by atomic mass is 9.99. The van der Waals surface area contributed by atoms with Crippen LogP contribution in [0, 0.1) is 0 Å². The fraction of sp³-hybridized carbons (Fsp3) is 0.735. The summed E-state index contributed by atoms with van der Waals surface area (Å²) in [7, 11) is 0. The Balaban J connectivity index is 2.26. The largest absolute Gasteiger partial charge is 0.394 e. The number of amides is 1. The summed E-state index contributed by atoms with van der Waals surface area (Å²) in [5.74, 6) is -0.195. The van der Waals surface area contributed by atoms with Gasteiger partial charge in [-0.05, 0) is 70.6 Å². The lowest BCUT2D eigenvalue weighted by Gasteiger charge is -2.40. The van der Waals surface area contributed by atoms with Crippen LogP contribution in [0.15, 0.2) is 72.9 Å². The predicted molar refractivity (Wildman–Crippen MR) is 239 cm³/mol. The summed E-state index contributed by atoms with van der Waals surface area (Å²) < 4.78 is 11.2. The first-order valence-electron chi connectivity index (χ1n) is 23.2.